The molecule has 0 aliphatic heterocycles. The zero-order chi connectivity index (χ0) is 42.0. The van der Waals surface area contributed by atoms with Crippen LogP contribution in [0.15, 0.2) is 85.1 Å². The van der Waals surface area contributed by atoms with Crippen molar-refractivity contribution in [2.75, 3.05) is 54.1 Å². The lowest BCUT2D eigenvalue weighted by Gasteiger charge is -2.24. The van der Waals surface area contributed by atoms with Crippen molar-refractivity contribution >= 4 is 13.8 Å². The summed E-state index contributed by atoms with van der Waals surface area (Å²) in [5, 5.41) is 0. The Morgan fingerprint density at radius 1 is 0.561 bits per heavy atom. The van der Waals surface area contributed by atoms with Crippen molar-refractivity contribution in [3.05, 3.63) is 85.1 Å². The summed E-state index contributed by atoms with van der Waals surface area (Å²) in [6.07, 6.45) is 53.5. The fourth-order valence-electron chi connectivity index (χ4n) is 5.50. The molecule has 0 amide bonds. The minimum absolute atomic E-state index is 0.0709. The van der Waals surface area contributed by atoms with Crippen LogP contribution in [0.5, 0.6) is 0 Å². The van der Waals surface area contributed by atoms with E-state index in [1.165, 1.54) is 51.4 Å². The number of esters is 1. The predicted octanol–water partition coefficient (Wildman–Crippen LogP) is 13.3. The summed E-state index contributed by atoms with van der Waals surface area (Å²) in [6, 6.07) is 0. The second-order valence-electron chi connectivity index (χ2n) is 15.7. The molecule has 1 N–H and O–H groups in total. The van der Waals surface area contributed by atoms with E-state index in [1.54, 1.807) is 0 Å². The maximum absolute atomic E-state index is 12.7. The summed E-state index contributed by atoms with van der Waals surface area (Å²) in [6.45, 7) is 5.30. The van der Waals surface area contributed by atoms with Crippen molar-refractivity contribution in [1.82, 2.24) is 0 Å². The Labute approximate surface area is 350 Å². The Morgan fingerprint density at radius 3 is 1.53 bits per heavy atom. The lowest BCUT2D eigenvalue weighted by molar-refractivity contribution is -0.870. The minimum atomic E-state index is -4.30. The monoisotopic (exact) mass is 819 g/mol. The van der Waals surface area contributed by atoms with Gasteiger partial charge in [-0.1, -0.05) is 150 Å². The van der Waals surface area contributed by atoms with Crippen molar-refractivity contribution in [3.8, 4) is 0 Å². The van der Waals surface area contributed by atoms with Gasteiger partial charge in [-0.05, 0) is 83.5 Å². The first-order chi connectivity index (χ1) is 27.6. The maximum Gasteiger partial charge on any atom is 0.472 e. The van der Waals surface area contributed by atoms with Crippen molar-refractivity contribution in [2.45, 2.75) is 161 Å². The van der Waals surface area contributed by atoms with Crippen LogP contribution >= 0.6 is 7.82 Å². The van der Waals surface area contributed by atoms with E-state index in [4.69, 9.17) is 18.5 Å². The minimum Gasteiger partial charge on any atom is -0.457 e. The highest BCUT2D eigenvalue weighted by Gasteiger charge is 2.26. The normalized spacial score (nSPS) is 14.6. The number of quaternary nitrogens is 1. The number of likely N-dealkylation sites (N-methyl/N-ethyl adjacent to an activating group) is 1. The van der Waals surface area contributed by atoms with Gasteiger partial charge >= 0.3 is 13.8 Å². The Kier molecular flexibility index (Phi) is 38.8. The molecule has 8 nitrogen and oxygen atoms in total. The second-order valence-corrected chi connectivity index (χ2v) is 17.1. The first-order valence-corrected chi connectivity index (χ1v) is 23.8. The van der Waals surface area contributed by atoms with Gasteiger partial charge in [-0.25, -0.2) is 4.57 Å². The van der Waals surface area contributed by atoms with E-state index >= 15 is 0 Å². The molecule has 0 spiro atoms. The summed E-state index contributed by atoms with van der Waals surface area (Å²) < 4.78 is 34.9. The Balaban J connectivity index is 4.33. The summed E-state index contributed by atoms with van der Waals surface area (Å²) >= 11 is 0. The zero-order valence-corrected chi connectivity index (χ0v) is 37.9. The molecule has 57 heavy (non-hydrogen) atoms. The van der Waals surface area contributed by atoms with Gasteiger partial charge < -0.3 is 18.9 Å². The van der Waals surface area contributed by atoms with E-state index in [0.29, 0.717) is 24.1 Å². The SMILES string of the molecule is CC/C=C\C/C=C\C/C=C\C/C=C\CCCOCC(COP(=O)(O)OCC[N+](C)(C)C)OC(=O)CCCCCCCC/C=C\C/C=C\C/C=C\CCCCCCC. The topological polar surface area (TPSA) is 91.3 Å². The highest BCUT2D eigenvalue weighted by Crippen LogP contribution is 2.43. The highest BCUT2D eigenvalue weighted by atomic mass is 31.2. The number of allylic oxidation sites excluding steroid dienone is 14. The quantitative estimate of drug-likeness (QED) is 0.0216. The van der Waals surface area contributed by atoms with Gasteiger partial charge in [-0.3, -0.25) is 13.8 Å². The third-order valence-corrected chi connectivity index (χ3v) is 9.92. The van der Waals surface area contributed by atoms with E-state index in [1.807, 2.05) is 21.1 Å². The molecular weight excluding hydrogens is 734 g/mol. The van der Waals surface area contributed by atoms with Gasteiger partial charge in [0.1, 0.15) is 19.3 Å². The first kappa shape index (κ1) is 54.7. The molecule has 0 bridgehead atoms. The van der Waals surface area contributed by atoms with Crippen LogP contribution in [0.3, 0.4) is 0 Å². The average molecular weight is 819 g/mol. The molecule has 0 saturated heterocycles. The van der Waals surface area contributed by atoms with Gasteiger partial charge in [0.15, 0.2) is 0 Å². The smallest absolute Gasteiger partial charge is 0.457 e. The van der Waals surface area contributed by atoms with Crippen molar-refractivity contribution < 1.29 is 37.3 Å². The van der Waals surface area contributed by atoms with Crippen LogP contribution in [0.4, 0.5) is 0 Å². The van der Waals surface area contributed by atoms with Crippen molar-refractivity contribution in [1.29, 1.82) is 0 Å². The molecule has 2 atom stereocenters. The fourth-order valence-corrected chi connectivity index (χ4v) is 6.24. The van der Waals surface area contributed by atoms with E-state index in [9.17, 15) is 14.3 Å². The van der Waals surface area contributed by atoms with E-state index in [2.05, 4.69) is 98.9 Å². The van der Waals surface area contributed by atoms with Gasteiger partial charge in [0, 0.05) is 13.0 Å². The first-order valence-electron chi connectivity index (χ1n) is 22.3. The Bertz CT molecular complexity index is 1180. The van der Waals surface area contributed by atoms with Gasteiger partial charge in [0.2, 0.25) is 0 Å². The van der Waals surface area contributed by atoms with Gasteiger partial charge in [0.05, 0.1) is 34.4 Å². The van der Waals surface area contributed by atoms with Crippen molar-refractivity contribution in [2.24, 2.45) is 0 Å². The van der Waals surface area contributed by atoms with Crippen LogP contribution in [0.2, 0.25) is 0 Å². The molecule has 0 rings (SSSR count). The number of unbranched alkanes of at least 4 members (excludes halogenated alkanes) is 12. The zero-order valence-electron chi connectivity index (χ0n) is 37.0. The molecule has 0 heterocycles. The molecule has 9 heteroatoms. The van der Waals surface area contributed by atoms with Crippen LogP contribution in [0.25, 0.3) is 0 Å². The number of carbonyl (C=O) groups is 1. The lowest BCUT2D eigenvalue weighted by atomic mass is 10.1. The largest absolute Gasteiger partial charge is 0.472 e. The Morgan fingerprint density at radius 2 is 1.02 bits per heavy atom. The summed E-state index contributed by atoms with van der Waals surface area (Å²) in [4.78, 5) is 22.9. The van der Waals surface area contributed by atoms with Gasteiger partial charge in [0.25, 0.3) is 0 Å². The molecule has 0 aliphatic carbocycles. The number of hydrogen-bond acceptors (Lipinski definition) is 6. The van der Waals surface area contributed by atoms with Crippen LogP contribution in [0, 0.1) is 0 Å². The number of phosphoric acid groups is 1. The van der Waals surface area contributed by atoms with Crippen LogP contribution in [0.1, 0.15) is 155 Å². The molecule has 0 saturated carbocycles. The molecule has 0 radical (unpaired) electrons. The van der Waals surface area contributed by atoms with Gasteiger partial charge in [-0.2, -0.15) is 0 Å². The lowest BCUT2D eigenvalue weighted by Crippen LogP contribution is -2.37. The number of carbonyl (C=O) groups excluding carboxylic acids is 1. The number of phosphoric ester groups is 1. The number of ether oxygens (including phenoxy) is 2. The summed E-state index contributed by atoms with van der Waals surface area (Å²) in [7, 11) is 1.61. The summed E-state index contributed by atoms with van der Waals surface area (Å²) in [5.41, 5.74) is 0. The number of nitrogens with zero attached hydrogens (tertiary/aromatic N) is 1. The second kappa shape index (κ2) is 40.5. The molecular formula is C48H85NO7P+. The highest BCUT2D eigenvalue weighted by molar-refractivity contribution is 7.47. The molecule has 0 aromatic heterocycles. The maximum atomic E-state index is 12.7. The third-order valence-electron chi connectivity index (χ3n) is 8.94. The Hall–Kier alpha value is -2.32. The fraction of sp³-hybridized carbons (Fsp3) is 0.688. The van der Waals surface area contributed by atoms with E-state index in [0.717, 1.165) is 83.5 Å². The molecule has 2 unspecified atom stereocenters. The predicted molar refractivity (Wildman–Crippen MR) is 242 cm³/mol. The average Bonchev–Trinajstić information content (AvgIpc) is 3.16. The van der Waals surface area contributed by atoms with Crippen LogP contribution < -0.4 is 0 Å². The molecule has 0 aromatic carbocycles. The van der Waals surface area contributed by atoms with E-state index < -0.39 is 13.9 Å². The van der Waals surface area contributed by atoms with Crippen LogP contribution in [-0.2, 0) is 27.9 Å². The third kappa shape index (κ3) is 44.6. The number of rotatable bonds is 40. The molecule has 328 valence electrons. The number of hydrogen-bond donors (Lipinski definition) is 1. The standard InChI is InChI=1S/C48H84NO7P/c1-6-8-10-12-14-16-18-20-22-23-24-25-26-27-28-29-31-33-35-37-39-41-48(50)56-47(46-55-57(51,52)54-44-42-49(3,4)5)45-53-43-40-38-36-34-32-30-21-19-17-15-13-11-9-7-2/h9,11,15,17-18,20-21,23-24,26-27,30,34,36,47H,6-8,10,12-14,16,19,22,25,28-29,31-33,35,37-46H2,1-5H3/p+1/b11-9-,17-15-,20-18-,24-23-,27-26-,30-21-,36-34-. The summed E-state index contributed by atoms with van der Waals surface area (Å²) in [5.74, 6) is -0.348. The molecule has 0 fully saturated rings. The van der Waals surface area contributed by atoms with E-state index in [-0.39, 0.29) is 25.8 Å². The van der Waals surface area contributed by atoms with Crippen molar-refractivity contribution in [3.63, 3.8) is 0 Å². The van der Waals surface area contributed by atoms with Gasteiger partial charge in [-0.15, -0.1) is 0 Å². The molecule has 0 aromatic rings. The molecule has 0 aliphatic rings. The van der Waals surface area contributed by atoms with Crippen LogP contribution in [-0.4, -0.2) is 75.6 Å².